The standard InChI is InChI=1S/C58H37N3O/c1-58(2)49-31-36(60-51-25-11-9-18-41(51)48-32-47-40-17-8-10-24-50(40)59(53(47)33-54(48)60)35-14-4-3-5-15-35)27-28-39(49)42-21-12-20-37(55(42)58)34-26-29-52-46(30-34)44-23-13-22-43-38-16-6-7-19-45(38)57(62)61(52)56(43)44/h3-33H,1-2H3. The van der Waals surface area contributed by atoms with Crippen molar-refractivity contribution in [1.82, 2.24) is 13.5 Å². The molecule has 4 aromatic heterocycles. The SMILES string of the molecule is CC1(C)c2cc(-n3c4ccccc4c4cc5c6ccccc6n(-c6ccccc6)c5cc43)ccc2-c2cccc(-c3ccc4c(c3)c3cccc5c6ccccc6c(=O)n4c53)c21. The van der Waals surface area contributed by atoms with Gasteiger partial charge < -0.3 is 9.13 Å². The zero-order chi connectivity index (χ0) is 41.0. The van der Waals surface area contributed by atoms with E-state index in [9.17, 15) is 4.79 Å². The fraction of sp³-hybridized carbons (Fsp3) is 0.0517. The quantitative estimate of drug-likeness (QED) is 0.164. The summed E-state index contributed by atoms with van der Waals surface area (Å²) in [6.07, 6.45) is 0. The Bertz CT molecular complexity index is 4140. The molecule has 0 saturated heterocycles. The van der Waals surface area contributed by atoms with Gasteiger partial charge in [-0.15, -0.1) is 0 Å². The van der Waals surface area contributed by atoms with Crippen molar-refractivity contribution in [1.29, 1.82) is 0 Å². The molecular weight excluding hydrogens is 755 g/mol. The van der Waals surface area contributed by atoms with Gasteiger partial charge in [-0.05, 0) is 105 Å². The van der Waals surface area contributed by atoms with Gasteiger partial charge in [-0.1, -0.05) is 135 Å². The fourth-order valence-corrected chi connectivity index (χ4v) is 11.5. The number of para-hydroxylation sites is 4. The minimum Gasteiger partial charge on any atom is -0.309 e. The molecule has 0 atom stereocenters. The van der Waals surface area contributed by atoms with Gasteiger partial charge in [0.1, 0.15) is 0 Å². The molecule has 13 aromatic rings. The lowest BCUT2D eigenvalue weighted by Crippen LogP contribution is -2.16. The average molecular weight is 792 g/mol. The van der Waals surface area contributed by atoms with E-state index in [0.29, 0.717) is 0 Å². The Labute approximate surface area is 356 Å². The molecule has 0 amide bonds. The summed E-state index contributed by atoms with van der Waals surface area (Å²) >= 11 is 0. The normalized spacial score (nSPS) is 13.5. The Hall–Kier alpha value is -7.95. The maximum Gasteiger partial charge on any atom is 0.263 e. The smallest absolute Gasteiger partial charge is 0.263 e. The van der Waals surface area contributed by atoms with E-state index in [1.165, 1.54) is 71.4 Å². The predicted octanol–water partition coefficient (Wildman–Crippen LogP) is 14.4. The van der Waals surface area contributed by atoms with E-state index < -0.39 is 0 Å². The lowest BCUT2D eigenvalue weighted by Gasteiger charge is -2.25. The maximum atomic E-state index is 14.1. The van der Waals surface area contributed by atoms with E-state index in [4.69, 9.17) is 0 Å². The largest absolute Gasteiger partial charge is 0.309 e. The number of pyridine rings is 1. The van der Waals surface area contributed by atoms with Crippen LogP contribution in [0.3, 0.4) is 0 Å². The zero-order valence-corrected chi connectivity index (χ0v) is 34.1. The summed E-state index contributed by atoms with van der Waals surface area (Å²) in [5.74, 6) is 0. The summed E-state index contributed by atoms with van der Waals surface area (Å²) in [5, 5.41) is 10.1. The van der Waals surface area contributed by atoms with Gasteiger partial charge in [-0.3, -0.25) is 9.20 Å². The van der Waals surface area contributed by atoms with Crippen LogP contribution in [0.15, 0.2) is 193 Å². The van der Waals surface area contributed by atoms with Crippen LogP contribution in [0.4, 0.5) is 0 Å². The van der Waals surface area contributed by atoms with Crippen molar-refractivity contribution in [3.05, 3.63) is 210 Å². The van der Waals surface area contributed by atoms with E-state index in [1.54, 1.807) is 0 Å². The van der Waals surface area contributed by atoms with Gasteiger partial charge in [-0.25, -0.2) is 0 Å². The van der Waals surface area contributed by atoms with Crippen LogP contribution >= 0.6 is 0 Å². The van der Waals surface area contributed by atoms with Crippen LogP contribution in [0.25, 0.3) is 115 Å². The van der Waals surface area contributed by atoms with Gasteiger partial charge in [0.05, 0.1) is 33.1 Å². The second-order valence-corrected chi connectivity index (χ2v) is 17.6. The fourth-order valence-electron chi connectivity index (χ4n) is 11.5. The third kappa shape index (κ3) is 4.23. The molecule has 62 heavy (non-hydrogen) atoms. The molecule has 4 nitrogen and oxygen atoms in total. The second-order valence-electron chi connectivity index (χ2n) is 17.6. The van der Waals surface area contributed by atoms with Gasteiger partial charge in [-0.2, -0.15) is 0 Å². The predicted molar refractivity (Wildman–Crippen MR) is 259 cm³/mol. The summed E-state index contributed by atoms with van der Waals surface area (Å²) in [5.41, 5.74) is 16.4. The summed E-state index contributed by atoms with van der Waals surface area (Å²) in [6.45, 7) is 4.77. The lowest BCUT2D eigenvalue weighted by atomic mass is 9.78. The van der Waals surface area contributed by atoms with Crippen LogP contribution in [0, 0.1) is 0 Å². The lowest BCUT2D eigenvalue weighted by molar-refractivity contribution is 0.661. The van der Waals surface area contributed by atoms with Crippen LogP contribution in [0.2, 0.25) is 0 Å². The first kappa shape index (κ1) is 33.8. The van der Waals surface area contributed by atoms with Crippen molar-refractivity contribution in [2.24, 2.45) is 0 Å². The summed E-state index contributed by atoms with van der Waals surface area (Å²) in [4.78, 5) is 14.1. The molecule has 1 aliphatic rings. The third-order valence-electron chi connectivity index (χ3n) is 14.1. The van der Waals surface area contributed by atoms with E-state index in [2.05, 4.69) is 193 Å². The molecule has 14 rings (SSSR count). The Balaban J connectivity index is 0.964. The molecule has 0 spiro atoms. The Morgan fingerprint density at radius 1 is 0.371 bits per heavy atom. The molecule has 0 radical (unpaired) electrons. The summed E-state index contributed by atoms with van der Waals surface area (Å²) < 4.78 is 6.82. The molecule has 1 aliphatic carbocycles. The number of nitrogens with zero attached hydrogens (tertiary/aromatic N) is 3. The highest BCUT2D eigenvalue weighted by atomic mass is 16.1. The highest BCUT2D eigenvalue weighted by molar-refractivity contribution is 6.21. The molecule has 4 heterocycles. The Kier molecular flexibility index (Phi) is 6.48. The minimum absolute atomic E-state index is 0.0336. The molecule has 0 unspecified atom stereocenters. The van der Waals surface area contributed by atoms with Gasteiger partial charge in [0, 0.05) is 59.9 Å². The van der Waals surface area contributed by atoms with Gasteiger partial charge >= 0.3 is 0 Å². The number of hydrogen-bond donors (Lipinski definition) is 0. The van der Waals surface area contributed by atoms with Crippen molar-refractivity contribution in [3.63, 3.8) is 0 Å². The number of benzene rings is 9. The Morgan fingerprint density at radius 2 is 0.952 bits per heavy atom. The molecule has 0 aliphatic heterocycles. The topological polar surface area (TPSA) is 31.3 Å². The molecule has 0 saturated carbocycles. The average Bonchev–Trinajstić information content (AvgIpc) is 4.01. The molecule has 0 bridgehead atoms. The van der Waals surface area contributed by atoms with Crippen molar-refractivity contribution in [2.75, 3.05) is 0 Å². The van der Waals surface area contributed by atoms with Crippen LogP contribution in [-0.4, -0.2) is 13.5 Å². The monoisotopic (exact) mass is 791 g/mol. The summed E-state index contributed by atoms with van der Waals surface area (Å²) in [6, 6.07) is 68.2. The van der Waals surface area contributed by atoms with E-state index in [-0.39, 0.29) is 11.0 Å². The number of rotatable bonds is 3. The van der Waals surface area contributed by atoms with Gasteiger partial charge in [0.15, 0.2) is 0 Å². The molecule has 290 valence electrons. The number of hydrogen-bond acceptors (Lipinski definition) is 1. The highest BCUT2D eigenvalue weighted by Gasteiger charge is 2.38. The molecule has 0 fully saturated rings. The molecule has 4 heteroatoms. The van der Waals surface area contributed by atoms with Crippen LogP contribution in [0.5, 0.6) is 0 Å². The highest BCUT2D eigenvalue weighted by Crippen LogP contribution is 2.53. The van der Waals surface area contributed by atoms with E-state index in [0.717, 1.165) is 54.9 Å². The van der Waals surface area contributed by atoms with Crippen LogP contribution < -0.4 is 5.56 Å². The zero-order valence-electron chi connectivity index (χ0n) is 34.1. The van der Waals surface area contributed by atoms with Gasteiger partial charge in [0.25, 0.3) is 5.56 Å². The van der Waals surface area contributed by atoms with Crippen molar-refractivity contribution < 1.29 is 0 Å². The van der Waals surface area contributed by atoms with E-state index in [1.807, 2.05) is 22.6 Å². The third-order valence-corrected chi connectivity index (χ3v) is 14.1. The van der Waals surface area contributed by atoms with Crippen LogP contribution in [0.1, 0.15) is 25.0 Å². The second kappa shape index (κ2) is 11.9. The van der Waals surface area contributed by atoms with Crippen molar-refractivity contribution in [2.45, 2.75) is 19.3 Å². The molecular formula is C58H37N3O. The first-order valence-corrected chi connectivity index (χ1v) is 21.5. The summed E-state index contributed by atoms with van der Waals surface area (Å²) in [7, 11) is 0. The first-order valence-electron chi connectivity index (χ1n) is 21.5. The van der Waals surface area contributed by atoms with Gasteiger partial charge in [0.2, 0.25) is 0 Å². The van der Waals surface area contributed by atoms with Crippen molar-refractivity contribution in [3.8, 4) is 33.6 Å². The Morgan fingerprint density at radius 3 is 1.69 bits per heavy atom. The number of aromatic nitrogens is 3. The molecule has 9 aromatic carbocycles. The molecule has 0 N–H and O–H groups in total. The van der Waals surface area contributed by atoms with E-state index >= 15 is 0 Å². The van der Waals surface area contributed by atoms with Crippen LogP contribution in [-0.2, 0) is 5.41 Å². The first-order chi connectivity index (χ1) is 30.5. The van der Waals surface area contributed by atoms with Crippen molar-refractivity contribution >= 4 is 81.6 Å². The minimum atomic E-state index is -0.292. The number of fused-ring (bicyclic) bond motifs is 14. The maximum absolute atomic E-state index is 14.1.